The highest BCUT2D eigenvalue weighted by Gasteiger charge is 2.48. The zero-order chi connectivity index (χ0) is 12.9. The Hall–Kier alpha value is -0.290. The predicted molar refractivity (Wildman–Crippen MR) is 84.3 cm³/mol. The second-order valence-electron chi connectivity index (χ2n) is 5.68. The molecular weight excluding hydrogens is 359 g/mol. The number of benzene rings is 1. The number of rotatable bonds is 3. The first-order valence-corrected chi connectivity index (χ1v) is 7.86. The molecule has 96 valence electrons. The van der Waals surface area contributed by atoms with Gasteiger partial charge in [-0.25, -0.2) is 4.98 Å². The van der Waals surface area contributed by atoms with Gasteiger partial charge in [0, 0.05) is 21.9 Å². The molecule has 1 atom stereocenters. The summed E-state index contributed by atoms with van der Waals surface area (Å²) in [6, 6.07) is 7.08. The van der Waals surface area contributed by atoms with E-state index in [9.17, 15) is 0 Å². The number of nitrogens with zero attached hydrogens (tertiary/aromatic N) is 2. The first-order chi connectivity index (χ1) is 8.53. The Morgan fingerprint density at radius 3 is 2.83 bits per heavy atom. The summed E-state index contributed by atoms with van der Waals surface area (Å²) in [5, 5.41) is 0. The second-order valence-corrected chi connectivity index (χ2v) is 7.30. The normalized spacial score (nSPS) is 21.4. The van der Waals surface area contributed by atoms with Crippen molar-refractivity contribution in [2.45, 2.75) is 32.7 Å². The molecule has 3 rings (SSSR count). The quantitative estimate of drug-likeness (QED) is 0.575. The lowest BCUT2D eigenvalue weighted by Gasteiger charge is -2.10. The van der Waals surface area contributed by atoms with E-state index in [1.807, 2.05) is 0 Å². The maximum absolute atomic E-state index is 5.91. The number of alkyl halides is 1. The Bertz CT molecular complexity index is 603. The summed E-state index contributed by atoms with van der Waals surface area (Å²) in [6.45, 7) is 4.64. The largest absolute Gasteiger partial charge is 0.324 e. The Kier molecular flexibility index (Phi) is 3.09. The molecule has 0 bridgehead atoms. The predicted octanol–water partition coefficient (Wildman–Crippen LogP) is 4.39. The number of hydrogen-bond donors (Lipinski definition) is 0. The average molecular weight is 375 g/mol. The Balaban J connectivity index is 2.17. The molecule has 0 spiro atoms. The van der Waals surface area contributed by atoms with Crippen molar-refractivity contribution < 1.29 is 0 Å². The number of imidazole rings is 1. The summed E-state index contributed by atoms with van der Waals surface area (Å²) in [7, 11) is 0. The lowest BCUT2D eigenvalue weighted by molar-refractivity contribution is 0.537. The number of aromatic nitrogens is 2. The van der Waals surface area contributed by atoms with E-state index in [1.54, 1.807) is 0 Å². The topological polar surface area (TPSA) is 17.8 Å². The molecule has 1 fully saturated rings. The highest BCUT2D eigenvalue weighted by molar-refractivity contribution is 14.1. The highest BCUT2D eigenvalue weighted by Crippen LogP contribution is 2.56. The Morgan fingerprint density at radius 2 is 2.22 bits per heavy atom. The number of halogens is 2. The fourth-order valence-corrected chi connectivity index (χ4v) is 3.25. The molecular formula is C14H16ClIN2. The molecule has 1 aromatic heterocycles. The van der Waals surface area contributed by atoms with Crippen molar-refractivity contribution in [2.75, 3.05) is 5.88 Å². The zero-order valence-corrected chi connectivity index (χ0v) is 13.5. The first-order valence-electron chi connectivity index (χ1n) is 6.25. The van der Waals surface area contributed by atoms with E-state index in [4.69, 9.17) is 16.6 Å². The van der Waals surface area contributed by atoms with Gasteiger partial charge in [-0.1, -0.05) is 13.8 Å². The summed E-state index contributed by atoms with van der Waals surface area (Å²) >= 11 is 8.24. The van der Waals surface area contributed by atoms with E-state index >= 15 is 0 Å². The van der Waals surface area contributed by atoms with Crippen molar-refractivity contribution in [3.05, 3.63) is 27.6 Å². The summed E-state index contributed by atoms with van der Waals surface area (Å²) in [6.07, 6.45) is 2.08. The first kappa shape index (κ1) is 12.7. The molecule has 1 unspecified atom stereocenters. The van der Waals surface area contributed by atoms with Gasteiger partial charge in [0.1, 0.15) is 5.82 Å². The molecule has 0 radical (unpaired) electrons. The minimum absolute atomic E-state index is 0.400. The Morgan fingerprint density at radius 1 is 1.50 bits per heavy atom. The van der Waals surface area contributed by atoms with Gasteiger partial charge in [0.05, 0.1) is 11.0 Å². The minimum atomic E-state index is 0.400. The molecule has 0 saturated heterocycles. The monoisotopic (exact) mass is 374 g/mol. The van der Waals surface area contributed by atoms with Gasteiger partial charge < -0.3 is 4.57 Å². The molecule has 1 aliphatic carbocycles. The third kappa shape index (κ3) is 2.05. The van der Waals surface area contributed by atoms with Crippen LogP contribution < -0.4 is 0 Å². The van der Waals surface area contributed by atoms with Crippen molar-refractivity contribution in [1.82, 2.24) is 9.55 Å². The van der Waals surface area contributed by atoms with Crippen LogP contribution in [0.3, 0.4) is 0 Å². The van der Waals surface area contributed by atoms with Crippen LogP contribution in [-0.2, 0) is 6.42 Å². The Labute approximate surface area is 126 Å². The smallest absolute Gasteiger partial charge is 0.111 e. The molecule has 0 aliphatic heterocycles. The lowest BCUT2D eigenvalue weighted by atomic mass is 10.2. The lowest BCUT2D eigenvalue weighted by Crippen LogP contribution is -2.06. The molecule has 2 aromatic rings. The van der Waals surface area contributed by atoms with Crippen molar-refractivity contribution >= 4 is 45.2 Å². The van der Waals surface area contributed by atoms with Crippen LogP contribution in [0.15, 0.2) is 18.2 Å². The van der Waals surface area contributed by atoms with E-state index in [0.717, 1.165) is 17.8 Å². The van der Waals surface area contributed by atoms with E-state index in [2.05, 4.69) is 59.2 Å². The van der Waals surface area contributed by atoms with Crippen LogP contribution >= 0.6 is 34.2 Å². The number of hydrogen-bond acceptors (Lipinski definition) is 1. The van der Waals surface area contributed by atoms with E-state index in [-0.39, 0.29) is 0 Å². The number of fused-ring (bicyclic) bond motifs is 1. The zero-order valence-electron chi connectivity index (χ0n) is 10.6. The summed E-state index contributed by atoms with van der Waals surface area (Å²) in [5.74, 6) is 1.77. The molecule has 0 amide bonds. The molecule has 1 saturated carbocycles. The SMILES string of the molecule is CC1(C)CC1n1c(CCCl)nc2cc(I)ccc21. The molecule has 1 aromatic carbocycles. The third-order valence-electron chi connectivity index (χ3n) is 3.82. The molecule has 1 aliphatic rings. The van der Waals surface area contributed by atoms with Gasteiger partial charge in [0.25, 0.3) is 0 Å². The van der Waals surface area contributed by atoms with Crippen LogP contribution in [0, 0.1) is 8.99 Å². The van der Waals surface area contributed by atoms with Crippen LogP contribution in [0.25, 0.3) is 11.0 Å². The van der Waals surface area contributed by atoms with Crippen molar-refractivity contribution in [2.24, 2.45) is 5.41 Å². The second kappa shape index (κ2) is 4.37. The van der Waals surface area contributed by atoms with Gasteiger partial charge in [-0.15, -0.1) is 11.6 Å². The molecule has 4 heteroatoms. The van der Waals surface area contributed by atoms with Gasteiger partial charge in [-0.2, -0.15) is 0 Å². The fraction of sp³-hybridized carbons (Fsp3) is 0.500. The summed E-state index contributed by atoms with van der Waals surface area (Å²) in [5.41, 5.74) is 2.76. The van der Waals surface area contributed by atoms with Gasteiger partial charge in [0.15, 0.2) is 0 Å². The van der Waals surface area contributed by atoms with Crippen LogP contribution in [0.5, 0.6) is 0 Å². The molecule has 18 heavy (non-hydrogen) atoms. The van der Waals surface area contributed by atoms with E-state index in [0.29, 0.717) is 17.3 Å². The number of aryl methyl sites for hydroxylation is 1. The van der Waals surface area contributed by atoms with Crippen molar-refractivity contribution in [3.63, 3.8) is 0 Å². The minimum Gasteiger partial charge on any atom is -0.324 e. The standard InChI is InChI=1S/C14H16ClIN2/c1-14(2)8-12(14)18-11-4-3-9(16)7-10(11)17-13(18)5-6-15/h3-4,7,12H,5-6,8H2,1-2H3. The van der Waals surface area contributed by atoms with Gasteiger partial charge in [-0.05, 0) is 52.6 Å². The maximum atomic E-state index is 5.91. The van der Waals surface area contributed by atoms with Crippen LogP contribution in [0.1, 0.15) is 32.1 Å². The van der Waals surface area contributed by atoms with E-state index < -0.39 is 0 Å². The van der Waals surface area contributed by atoms with Crippen LogP contribution in [-0.4, -0.2) is 15.4 Å². The third-order valence-corrected chi connectivity index (χ3v) is 4.68. The average Bonchev–Trinajstić information content (AvgIpc) is 2.78. The summed E-state index contributed by atoms with van der Waals surface area (Å²) in [4.78, 5) is 4.76. The molecule has 0 N–H and O–H groups in total. The van der Waals surface area contributed by atoms with Gasteiger partial charge in [-0.3, -0.25) is 0 Å². The summed E-state index contributed by atoms with van der Waals surface area (Å²) < 4.78 is 3.64. The maximum Gasteiger partial charge on any atom is 0.111 e. The van der Waals surface area contributed by atoms with Gasteiger partial charge >= 0.3 is 0 Å². The highest BCUT2D eigenvalue weighted by atomic mass is 127. The van der Waals surface area contributed by atoms with Crippen molar-refractivity contribution in [3.8, 4) is 0 Å². The fourth-order valence-electron chi connectivity index (χ4n) is 2.61. The molecule has 1 heterocycles. The van der Waals surface area contributed by atoms with Crippen LogP contribution in [0.4, 0.5) is 0 Å². The van der Waals surface area contributed by atoms with E-state index in [1.165, 1.54) is 15.5 Å². The van der Waals surface area contributed by atoms with Gasteiger partial charge in [0.2, 0.25) is 0 Å². The van der Waals surface area contributed by atoms with Crippen molar-refractivity contribution in [1.29, 1.82) is 0 Å². The van der Waals surface area contributed by atoms with Crippen LogP contribution in [0.2, 0.25) is 0 Å². The molecule has 2 nitrogen and oxygen atoms in total.